The highest BCUT2D eigenvalue weighted by molar-refractivity contribution is 6.31. The molecule has 30 heavy (non-hydrogen) atoms. The lowest BCUT2D eigenvalue weighted by Gasteiger charge is -2.46. The van der Waals surface area contributed by atoms with Gasteiger partial charge in [-0.1, -0.05) is 41.4 Å². The fraction of sp³-hybridized carbons (Fsp3) is 0.227. The number of hydrogen-bond donors (Lipinski definition) is 3. The summed E-state index contributed by atoms with van der Waals surface area (Å²) in [7, 11) is 0. The number of carboxylic acids is 1. The monoisotopic (exact) mass is 444 g/mol. The average molecular weight is 445 g/mol. The first-order chi connectivity index (χ1) is 14.2. The molecular weight excluding hydrogens is 427 g/mol. The molecule has 8 heteroatoms. The standard InChI is InChI=1S/C22H18Cl2N2O4/c1-10(2)19-22(15-6-4-12(24)8-17(15)25-21(22)30)16(9-18(27)26-19)14-7-11(23)3-5-13(14)20(28)29/h3-8,16,19H,1,9H2,2H3,(H,25,30)(H,26,27)(H,28,29)/t16-,19+,22-/m0/s1. The average Bonchev–Trinajstić information content (AvgIpc) is 2.94. The number of anilines is 1. The van der Waals surface area contributed by atoms with Gasteiger partial charge in [-0.3, -0.25) is 9.59 Å². The van der Waals surface area contributed by atoms with Crippen LogP contribution in [0.2, 0.25) is 10.0 Å². The molecule has 1 fully saturated rings. The zero-order valence-electron chi connectivity index (χ0n) is 16.0. The molecule has 0 aliphatic carbocycles. The van der Waals surface area contributed by atoms with Crippen LogP contribution in [0.5, 0.6) is 0 Å². The van der Waals surface area contributed by atoms with Crippen LogP contribution in [0.3, 0.4) is 0 Å². The van der Waals surface area contributed by atoms with E-state index in [-0.39, 0.29) is 23.8 Å². The summed E-state index contributed by atoms with van der Waals surface area (Å²) in [6.45, 7) is 5.73. The third kappa shape index (κ3) is 2.90. The zero-order chi connectivity index (χ0) is 21.8. The molecule has 3 atom stereocenters. The van der Waals surface area contributed by atoms with Crippen LogP contribution in [-0.2, 0) is 15.0 Å². The van der Waals surface area contributed by atoms with Gasteiger partial charge in [-0.25, -0.2) is 4.79 Å². The number of benzene rings is 2. The predicted molar refractivity (Wildman–Crippen MR) is 114 cm³/mol. The normalized spacial score (nSPS) is 24.9. The van der Waals surface area contributed by atoms with Crippen molar-refractivity contribution in [2.75, 3.05) is 5.32 Å². The van der Waals surface area contributed by atoms with E-state index in [1.165, 1.54) is 18.2 Å². The number of hydrogen-bond acceptors (Lipinski definition) is 3. The number of nitrogens with one attached hydrogen (secondary N) is 2. The molecule has 4 rings (SSSR count). The van der Waals surface area contributed by atoms with Crippen molar-refractivity contribution in [3.8, 4) is 0 Å². The van der Waals surface area contributed by atoms with Gasteiger partial charge in [0.25, 0.3) is 0 Å². The third-order valence-corrected chi connectivity index (χ3v) is 6.33. The van der Waals surface area contributed by atoms with Crippen LogP contribution in [0.25, 0.3) is 0 Å². The van der Waals surface area contributed by atoms with Crippen molar-refractivity contribution in [1.82, 2.24) is 5.32 Å². The second-order valence-corrected chi connectivity index (χ2v) is 8.53. The first kappa shape index (κ1) is 20.4. The second-order valence-electron chi connectivity index (χ2n) is 7.65. The molecule has 0 bridgehead atoms. The van der Waals surface area contributed by atoms with E-state index in [4.69, 9.17) is 23.2 Å². The molecule has 2 heterocycles. The van der Waals surface area contributed by atoms with E-state index < -0.39 is 23.3 Å². The molecule has 0 aromatic heterocycles. The number of aromatic carboxylic acids is 1. The minimum atomic E-state index is -1.30. The molecule has 154 valence electrons. The van der Waals surface area contributed by atoms with Gasteiger partial charge in [-0.05, 0) is 48.4 Å². The summed E-state index contributed by atoms with van der Waals surface area (Å²) >= 11 is 12.3. The maximum Gasteiger partial charge on any atom is 0.335 e. The maximum atomic E-state index is 13.6. The molecule has 0 radical (unpaired) electrons. The molecule has 2 amide bonds. The SMILES string of the molecule is C=C(C)[C@H]1NC(=O)C[C@@H](c2cc(Cl)ccc2C(=O)O)[C@]12C(=O)Nc1cc(Cl)ccc12. The van der Waals surface area contributed by atoms with Crippen molar-refractivity contribution in [2.45, 2.75) is 30.7 Å². The highest BCUT2D eigenvalue weighted by Crippen LogP contribution is 2.54. The minimum absolute atomic E-state index is 0.00541. The van der Waals surface area contributed by atoms with Gasteiger partial charge in [0.05, 0.1) is 11.6 Å². The Morgan fingerprint density at radius 2 is 1.83 bits per heavy atom. The van der Waals surface area contributed by atoms with Crippen molar-refractivity contribution < 1.29 is 19.5 Å². The number of rotatable bonds is 3. The molecule has 3 N–H and O–H groups in total. The molecule has 2 aliphatic rings. The Kier molecular flexibility index (Phi) is 4.87. The smallest absolute Gasteiger partial charge is 0.335 e. The zero-order valence-corrected chi connectivity index (χ0v) is 17.5. The van der Waals surface area contributed by atoms with Crippen LogP contribution in [0.4, 0.5) is 5.69 Å². The van der Waals surface area contributed by atoms with Gasteiger partial charge < -0.3 is 15.7 Å². The van der Waals surface area contributed by atoms with Crippen molar-refractivity contribution in [3.05, 3.63) is 75.3 Å². The highest BCUT2D eigenvalue weighted by atomic mass is 35.5. The summed E-state index contributed by atoms with van der Waals surface area (Å²) in [5.41, 5.74) is 0.757. The number of piperidine rings is 1. The van der Waals surface area contributed by atoms with Crippen LogP contribution in [0.1, 0.15) is 40.7 Å². The van der Waals surface area contributed by atoms with Crippen LogP contribution in [0, 0.1) is 0 Å². The molecule has 2 aromatic rings. The molecule has 2 aliphatic heterocycles. The Morgan fingerprint density at radius 1 is 1.17 bits per heavy atom. The predicted octanol–water partition coefficient (Wildman–Crippen LogP) is 4.13. The second kappa shape index (κ2) is 7.15. The van der Waals surface area contributed by atoms with Gasteiger partial charge in [-0.15, -0.1) is 0 Å². The van der Waals surface area contributed by atoms with Gasteiger partial charge in [0.15, 0.2) is 0 Å². The topological polar surface area (TPSA) is 95.5 Å². The lowest BCUT2D eigenvalue weighted by molar-refractivity contribution is -0.130. The van der Waals surface area contributed by atoms with Gasteiger partial charge in [0.2, 0.25) is 11.8 Å². The van der Waals surface area contributed by atoms with Gasteiger partial charge in [-0.2, -0.15) is 0 Å². The Morgan fingerprint density at radius 3 is 2.50 bits per heavy atom. The first-order valence-corrected chi connectivity index (χ1v) is 10.0. The molecule has 1 saturated heterocycles. The van der Waals surface area contributed by atoms with E-state index in [9.17, 15) is 19.5 Å². The lowest BCUT2D eigenvalue weighted by atomic mass is 9.59. The number of carbonyl (C=O) groups excluding carboxylic acids is 2. The largest absolute Gasteiger partial charge is 0.478 e. The van der Waals surface area contributed by atoms with Crippen LogP contribution in [-0.4, -0.2) is 28.9 Å². The van der Waals surface area contributed by atoms with Crippen molar-refractivity contribution in [3.63, 3.8) is 0 Å². The summed E-state index contributed by atoms with van der Waals surface area (Å²) in [5.74, 6) is -2.59. The van der Waals surface area contributed by atoms with E-state index in [2.05, 4.69) is 17.2 Å². The Bertz CT molecular complexity index is 1130. The number of halogens is 2. The molecule has 0 saturated carbocycles. The fourth-order valence-electron chi connectivity index (χ4n) is 4.73. The summed E-state index contributed by atoms with van der Waals surface area (Å²) in [6, 6.07) is 8.69. The summed E-state index contributed by atoms with van der Waals surface area (Å²) in [6.07, 6.45) is -0.0834. The number of carbonyl (C=O) groups is 3. The van der Waals surface area contributed by atoms with Crippen LogP contribution >= 0.6 is 23.2 Å². The number of carboxylic acid groups (broad SMARTS) is 1. The van der Waals surface area contributed by atoms with Crippen LogP contribution < -0.4 is 10.6 Å². The van der Waals surface area contributed by atoms with E-state index in [0.29, 0.717) is 32.4 Å². The molecule has 6 nitrogen and oxygen atoms in total. The fourth-order valence-corrected chi connectivity index (χ4v) is 5.08. The van der Waals surface area contributed by atoms with Gasteiger partial charge in [0.1, 0.15) is 5.41 Å². The summed E-state index contributed by atoms with van der Waals surface area (Å²) in [5, 5.41) is 16.3. The first-order valence-electron chi connectivity index (χ1n) is 9.25. The molecule has 1 spiro atoms. The maximum absolute atomic E-state index is 13.6. The minimum Gasteiger partial charge on any atom is -0.478 e. The highest BCUT2D eigenvalue weighted by Gasteiger charge is 2.61. The van der Waals surface area contributed by atoms with E-state index in [0.717, 1.165) is 0 Å². The Hall–Kier alpha value is -2.83. The van der Waals surface area contributed by atoms with Crippen LogP contribution in [0.15, 0.2) is 48.6 Å². The Labute approximate surface area is 182 Å². The summed E-state index contributed by atoms with van der Waals surface area (Å²) < 4.78 is 0. The summed E-state index contributed by atoms with van der Waals surface area (Å²) in [4.78, 5) is 38.2. The van der Waals surface area contributed by atoms with Crippen molar-refractivity contribution >= 4 is 46.7 Å². The van der Waals surface area contributed by atoms with Gasteiger partial charge >= 0.3 is 5.97 Å². The van der Waals surface area contributed by atoms with E-state index in [1.54, 1.807) is 25.1 Å². The third-order valence-electron chi connectivity index (χ3n) is 5.86. The molecule has 2 aromatic carbocycles. The Balaban J connectivity index is 2.06. The lowest BCUT2D eigenvalue weighted by Crippen LogP contribution is -2.62. The number of fused-ring (bicyclic) bond motifs is 2. The molecular formula is C22H18Cl2N2O4. The molecule has 0 unspecified atom stereocenters. The van der Waals surface area contributed by atoms with Gasteiger partial charge in [0, 0.05) is 28.1 Å². The number of amides is 2. The van der Waals surface area contributed by atoms with Crippen molar-refractivity contribution in [1.29, 1.82) is 0 Å². The van der Waals surface area contributed by atoms with Crippen molar-refractivity contribution in [2.24, 2.45) is 0 Å². The quantitative estimate of drug-likeness (QED) is 0.620. The van der Waals surface area contributed by atoms with E-state index >= 15 is 0 Å². The van der Waals surface area contributed by atoms with E-state index in [1.807, 2.05) is 0 Å².